The fraction of sp³-hybridized carbons (Fsp3) is 0.412. The first-order chi connectivity index (χ1) is 12.4. The molecule has 1 aliphatic rings. The molecular weight excluding hydrogens is 354 g/mol. The van der Waals surface area contributed by atoms with Gasteiger partial charge in [-0.3, -0.25) is 14.7 Å². The van der Waals surface area contributed by atoms with Crippen LogP contribution in [0.25, 0.3) is 11.4 Å². The third kappa shape index (κ3) is 4.83. The highest BCUT2D eigenvalue weighted by Crippen LogP contribution is 2.14. The van der Waals surface area contributed by atoms with Crippen molar-refractivity contribution in [1.82, 2.24) is 24.8 Å². The van der Waals surface area contributed by atoms with Gasteiger partial charge in [0.1, 0.15) is 9.84 Å². The topological polar surface area (TPSA) is 96.4 Å². The molecule has 0 saturated carbocycles. The van der Waals surface area contributed by atoms with Crippen LogP contribution < -0.4 is 0 Å². The van der Waals surface area contributed by atoms with Crippen LogP contribution in [-0.2, 0) is 9.84 Å². The zero-order chi connectivity index (χ0) is 18.6. The molecule has 0 unspecified atom stereocenters. The molecule has 0 aromatic carbocycles. The van der Waals surface area contributed by atoms with Gasteiger partial charge in [0.15, 0.2) is 5.82 Å². The smallest absolute Gasteiger partial charge is 0.257 e. The van der Waals surface area contributed by atoms with Crippen molar-refractivity contribution >= 4 is 15.7 Å². The van der Waals surface area contributed by atoms with Crippen LogP contribution in [0.15, 0.2) is 36.9 Å². The number of hydrogen-bond acceptors (Lipinski definition) is 7. The van der Waals surface area contributed by atoms with Gasteiger partial charge in [0.25, 0.3) is 5.91 Å². The molecule has 138 valence electrons. The molecule has 1 fully saturated rings. The highest BCUT2D eigenvalue weighted by Gasteiger charge is 2.23. The van der Waals surface area contributed by atoms with Crippen LogP contribution in [0.3, 0.4) is 0 Å². The van der Waals surface area contributed by atoms with Crippen molar-refractivity contribution in [1.29, 1.82) is 0 Å². The molecule has 2 aromatic rings. The normalized spacial score (nSPS) is 15.8. The van der Waals surface area contributed by atoms with Crippen LogP contribution in [0.5, 0.6) is 0 Å². The number of amides is 1. The molecule has 0 radical (unpaired) electrons. The van der Waals surface area contributed by atoms with Gasteiger partial charge in [-0.15, -0.1) is 0 Å². The lowest BCUT2D eigenvalue weighted by Crippen LogP contribution is -2.49. The Morgan fingerprint density at radius 2 is 1.69 bits per heavy atom. The number of rotatable bonds is 5. The Balaban J connectivity index is 1.57. The van der Waals surface area contributed by atoms with E-state index in [-0.39, 0.29) is 11.7 Å². The number of piperazine rings is 1. The lowest BCUT2D eigenvalue weighted by atomic mass is 10.2. The van der Waals surface area contributed by atoms with Gasteiger partial charge in [-0.05, 0) is 12.1 Å². The van der Waals surface area contributed by atoms with Crippen molar-refractivity contribution in [3.05, 3.63) is 42.5 Å². The molecule has 1 amide bonds. The third-order valence-corrected chi connectivity index (χ3v) is 5.20. The summed E-state index contributed by atoms with van der Waals surface area (Å²) >= 11 is 0. The first-order valence-electron chi connectivity index (χ1n) is 8.34. The van der Waals surface area contributed by atoms with E-state index in [0.717, 1.165) is 5.56 Å². The van der Waals surface area contributed by atoms with Gasteiger partial charge in [-0.2, -0.15) is 0 Å². The molecule has 8 nitrogen and oxygen atoms in total. The Hall–Kier alpha value is -2.39. The SMILES string of the molecule is CS(=O)(=O)CCN1CCN(C(=O)c2cnc(-c3ccncc3)nc2)CC1. The second-order valence-electron chi connectivity index (χ2n) is 6.29. The number of carbonyl (C=O) groups excluding carboxylic acids is 1. The highest BCUT2D eigenvalue weighted by atomic mass is 32.2. The van der Waals surface area contributed by atoms with Gasteiger partial charge in [-0.25, -0.2) is 18.4 Å². The van der Waals surface area contributed by atoms with E-state index in [2.05, 4.69) is 19.9 Å². The first-order valence-corrected chi connectivity index (χ1v) is 10.4. The predicted molar refractivity (Wildman–Crippen MR) is 97.3 cm³/mol. The maximum Gasteiger partial charge on any atom is 0.257 e. The first kappa shape index (κ1) is 18.4. The van der Waals surface area contributed by atoms with E-state index in [1.807, 2.05) is 12.1 Å². The zero-order valence-electron chi connectivity index (χ0n) is 14.6. The summed E-state index contributed by atoms with van der Waals surface area (Å²) in [6.45, 7) is 2.96. The molecule has 1 aliphatic heterocycles. The van der Waals surface area contributed by atoms with Gasteiger partial charge in [0.05, 0.1) is 11.3 Å². The van der Waals surface area contributed by atoms with Gasteiger partial charge >= 0.3 is 0 Å². The summed E-state index contributed by atoms with van der Waals surface area (Å²) in [6, 6.07) is 3.62. The molecule has 0 N–H and O–H groups in total. The Bertz CT molecular complexity index is 848. The standard InChI is InChI=1S/C17H21N5O3S/c1-26(24,25)11-10-21-6-8-22(9-7-21)17(23)15-12-19-16(20-13-15)14-2-4-18-5-3-14/h2-5,12-13H,6-11H2,1H3. The summed E-state index contributed by atoms with van der Waals surface area (Å²) < 4.78 is 22.5. The van der Waals surface area contributed by atoms with Crippen LogP contribution in [0.1, 0.15) is 10.4 Å². The average Bonchev–Trinajstić information content (AvgIpc) is 2.66. The predicted octanol–water partition coefficient (Wildman–Crippen LogP) is 0.341. The Kier molecular flexibility index (Phi) is 5.58. The molecule has 0 bridgehead atoms. The molecule has 9 heteroatoms. The maximum absolute atomic E-state index is 12.6. The number of sulfone groups is 1. The van der Waals surface area contributed by atoms with E-state index in [9.17, 15) is 13.2 Å². The van der Waals surface area contributed by atoms with Crippen molar-refractivity contribution < 1.29 is 13.2 Å². The second kappa shape index (κ2) is 7.88. The molecule has 26 heavy (non-hydrogen) atoms. The van der Waals surface area contributed by atoms with Crippen molar-refractivity contribution in [3.63, 3.8) is 0 Å². The maximum atomic E-state index is 12.6. The Morgan fingerprint density at radius 3 is 2.27 bits per heavy atom. The van der Waals surface area contributed by atoms with Crippen molar-refractivity contribution in [2.24, 2.45) is 0 Å². The molecule has 0 spiro atoms. The lowest BCUT2D eigenvalue weighted by molar-refractivity contribution is 0.0643. The van der Waals surface area contributed by atoms with Crippen LogP contribution in [0.4, 0.5) is 0 Å². The zero-order valence-corrected chi connectivity index (χ0v) is 15.4. The number of carbonyl (C=O) groups is 1. The summed E-state index contributed by atoms with van der Waals surface area (Å²) in [5.74, 6) is 0.592. The molecule has 3 rings (SSSR count). The highest BCUT2D eigenvalue weighted by molar-refractivity contribution is 7.90. The van der Waals surface area contributed by atoms with Crippen molar-refractivity contribution in [3.8, 4) is 11.4 Å². The fourth-order valence-electron chi connectivity index (χ4n) is 2.74. The van der Waals surface area contributed by atoms with Crippen LogP contribution in [0, 0.1) is 0 Å². The minimum atomic E-state index is -2.97. The quantitative estimate of drug-likeness (QED) is 0.743. The number of hydrogen-bond donors (Lipinski definition) is 0. The lowest BCUT2D eigenvalue weighted by Gasteiger charge is -2.34. The number of aromatic nitrogens is 3. The molecule has 0 atom stereocenters. The number of pyridine rings is 1. The van der Waals surface area contributed by atoms with Gasteiger partial charge in [0.2, 0.25) is 0 Å². The summed E-state index contributed by atoms with van der Waals surface area (Å²) in [4.78, 5) is 28.9. The monoisotopic (exact) mass is 375 g/mol. The summed E-state index contributed by atoms with van der Waals surface area (Å²) in [7, 11) is -2.97. The van der Waals surface area contributed by atoms with E-state index < -0.39 is 9.84 Å². The van der Waals surface area contributed by atoms with E-state index in [1.165, 1.54) is 6.26 Å². The van der Waals surface area contributed by atoms with Crippen molar-refractivity contribution in [2.45, 2.75) is 0 Å². The Labute approximate surface area is 152 Å². The van der Waals surface area contributed by atoms with Crippen molar-refractivity contribution in [2.75, 3.05) is 44.7 Å². The van der Waals surface area contributed by atoms with Gasteiger partial charge in [-0.1, -0.05) is 0 Å². The van der Waals surface area contributed by atoms with Crippen LogP contribution in [-0.4, -0.2) is 83.8 Å². The minimum absolute atomic E-state index is 0.103. The van der Waals surface area contributed by atoms with Crippen LogP contribution >= 0.6 is 0 Å². The third-order valence-electron chi connectivity index (χ3n) is 4.28. The second-order valence-corrected chi connectivity index (χ2v) is 8.55. The van der Waals surface area contributed by atoms with Crippen LogP contribution in [0.2, 0.25) is 0 Å². The molecule has 0 aliphatic carbocycles. The summed E-state index contributed by atoms with van der Waals surface area (Å²) in [5, 5.41) is 0. The summed E-state index contributed by atoms with van der Waals surface area (Å²) in [6.07, 6.45) is 7.66. The van der Waals surface area contributed by atoms with Gasteiger partial charge in [0, 0.05) is 69.3 Å². The van der Waals surface area contributed by atoms with Gasteiger partial charge < -0.3 is 4.90 Å². The molecule has 2 aromatic heterocycles. The van der Waals surface area contributed by atoms with E-state index in [1.54, 1.807) is 29.7 Å². The molecule has 3 heterocycles. The van der Waals surface area contributed by atoms with E-state index in [4.69, 9.17) is 0 Å². The Morgan fingerprint density at radius 1 is 1.08 bits per heavy atom. The minimum Gasteiger partial charge on any atom is -0.336 e. The molecular formula is C17H21N5O3S. The summed E-state index contributed by atoms with van der Waals surface area (Å²) in [5.41, 5.74) is 1.30. The average molecular weight is 375 g/mol. The van der Waals surface area contributed by atoms with E-state index in [0.29, 0.717) is 44.1 Å². The fourth-order valence-corrected chi connectivity index (χ4v) is 3.33. The van der Waals surface area contributed by atoms with E-state index >= 15 is 0 Å². The largest absolute Gasteiger partial charge is 0.336 e. The molecule has 1 saturated heterocycles. The number of nitrogens with zero attached hydrogens (tertiary/aromatic N) is 5.